The van der Waals surface area contributed by atoms with Crippen LogP contribution in [0.1, 0.15) is 30.6 Å². The van der Waals surface area contributed by atoms with E-state index in [9.17, 15) is 8.78 Å². The average Bonchev–Trinajstić information content (AvgIpc) is 2.80. The Kier molecular flexibility index (Phi) is 3.66. The molecule has 0 amide bonds. The van der Waals surface area contributed by atoms with Gasteiger partial charge in [-0.1, -0.05) is 24.3 Å². The Morgan fingerprint density at radius 1 is 1.39 bits per heavy atom. The molecule has 2 N–H and O–H groups in total. The minimum Gasteiger partial charge on any atom is -0.319 e. The van der Waals surface area contributed by atoms with E-state index in [1.165, 1.54) is 18.3 Å². The van der Waals surface area contributed by atoms with Crippen molar-refractivity contribution >= 4 is 0 Å². The lowest BCUT2D eigenvalue weighted by molar-refractivity contribution is 0.487. The van der Waals surface area contributed by atoms with Crippen molar-refractivity contribution in [2.45, 2.75) is 25.9 Å². The first-order valence-electron chi connectivity index (χ1n) is 5.73. The fourth-order valence-electron chi connectivity index (χ4n) is 1.81. The van der Waals surface area contributed by atoms with Gasteiger partial charge in [0.25, 0.3) is 0 Å². The Bertz CT molecular complexity index is 539. The summed E-state index contributed by atoms with van der Waals surface area (Å²) < 4.78 is 28.4. The van der Waals surface area contributed by atoms with Gasteiger partial charge in [0, 0.05) is 12.1 Å². The van der Waals surface area contributed by atoms with Crippen LogP contribution in [0.4, 0.5) is 8.78 Å². The molecule has 0 bridgehead atoms. The van der Waals surface area contributed by atoms with E-state index < -0.39 is 17.7 Å². The second kappa shape index (κ2) is 5.22. The van der Waals surface area contributed by atoms with Crippen LogP contribution in [0.15, 0.2) is 24.4 Å². The summed E-state index contributed by atoms with van der Waals surface area (Å²) in [5.74, 6) is -1.83. The van der Waals surface area contributed by atoms with Gasteiger partial charge in [0.2, 0.25) is 0 Å². The maximum Gasteiger partial charge on any atom is 0.163 e. The molecule has 0 saturated heterocycles. The minimum absolute atomic E-state index is 0.106. The molecule has 6 heteroatoms. The molecule has 0 spiro atoms. The summed E-state index contributed by atoms with van der Waals surface area (Å²) >= 11 is 0. The summed E-state index contributed by atoms with van der Waals surface area (Å²) in [6.45, 7) is 2.62. The average molecular weight is 252 g/mol. The highest BCUT2D eigenvalue weighted by Crippen LogP contribution is 2.23. The van der Waals surface area contributed by atoms with E-state index in [2.05, 4.69) is 10.3 Å². The quantitative estimate of drug-likeness (QED) is 0.905. The van der Waals surface area contributed by atoms with Crippen molar-refractivity contribution in [2.75, 3.05) is 0 Å². The molecule has 0 radical (unpaired) electrons. The second-order valence-electron chi connectivity index (χ2n) is 4.00. The van der Waals surface area contributed by atoms with Gasteiger partial charge in [-0.2, -0.15) is 0 Å². The highest BCUT2D eigenvalue weighted by atomic mass is 19.2. The summed E-state index contributed by atoms with van der Waals surface area (Å²) in [5, 5.41) is 7.63. The van der Waals surface area contributed by atoms with E-state index in [0.29, 0.717) is 12.2 Å². The third kappa shape index (κ3) is 2.24. The zero-order valence-electron chi connectivity index (χ0n) is 9.98. The minimum atomic E-state index is -0.922. The summed E-state index contributed by atoms with van der Waals surface area (Å²) in [6, 6.07) is 3.18. The molecule has 1 heterocycles. The Balaban J connectivity index is 2.38. The van der Waals surface area contributed by atoms with E-state index >= 15 is 0 Å². The number of hydrogen-bond donors (Lipinski definition) is 1. The van der Waals surface area contributed by atoms with Crippen LogP contribution < -0.4 is 5.73 Å². The van der Waals surface area contributed by atoms with Gasteiger partial charge in [0.15, 0.2) is 11.6 Å². The van der Waals surface area contributed by atoms with Crippen LogP contribution in [-0.2, 0) is 6.54 Å². The molecule has 1 unspecified atom stereocenters. The first-order valence-corrected chi connectivity index (χ1v) is 5.73. The third-order valence-corrected chi connectivity index (χ3v) is 2.72. The monoisotopic (exact) mass is 252 g/mol. The van der Waals surface area contributed by atoms with Crippen molar-refractivity contribution < 1.29 is 8.78 Å². The number of rotatable bonds is 4. The molecule has 2 rings (SSSR count). The Hall–Kier alpha value is -1.82. The zero-order valence-corrected chi connectivity index (χ0v) is 9.98. The number of hydrogen-bond acceptors (Lipinski definition) is 3. The van der Waals surface area contributed by atoms with Crippen LogP contribution in [0.3, 0.4) is 0 Å². The van der Waals surface area contributed by atoms with Crippen LogP contribution in [0.5, 0.6) is 0 Å². The highest BCUT2D eigenvalue weighted by Gasteiger charge is 2.19. The van der Waals surface area contributed by atoms with E-state index in [0.717, 1.165) is 12.5 Å². The van der Waals surface area contributed by atoms with Crippen LogP contribution in [0.2, 0.25) is 0 Å². The molecule has 0 aliphatic carbocycles. The van der Waals surface area contributed by atoms with E-state index in [1.54, 1.807) is 4.68 Å². The van der Waals surface area contributed by atoms with Crippen LogP contribution in [0, 0.1) is 11.6 Å². The van der Waals surface area contributed by atoms with Gasteiger partial charge in [-0.25, -0.2) is 13.5 Å². The molecule has 96 valence electrons. The van der Waals surface area contributed by atoms with Gasteiger partial charge in [-0.3, -0.25) is 0 Å². The fourth-order valence-corrected chi connectivity index (χ4v) is 1.81. The fraction of sp³-hybridized carbons (Fsp3) is 0.333. The topological polar surface area (TPSA) is 56.7 Å². The molecule has 1 atom stereocenters. The molecule has 1 aromatic heterocycles. The maximum absolute atomic E-state index is 13.7. The van der Waals surface area contributed by atoms with Crippen molar-refractivity contribution in [1.82, 2.24) is 15.0 Å². The molecule has 2 aromatic rings. The number of halogens is 2. The first kappa shape index (κ1) is 12.6. The SMILES string of the molecule is CCCn1nncc1C(N)c1cccc(F)c1F. The van der Waals surface area contributed by atoms with Gasteiger partial charge < -0.3 is 5.73 Å². The zero-order chi connectivity index (χ0) is 13.1. The van der Waals surface area contributed by atoms with Gasteiger partial charge >= 0.3 is 0 Å². The molecule has 0 saturated carbocycles. The predicted molar refractivity (Wildman–Crippen MR) is 62.7 cm³/mol. The van der Waals surface area contributed by atoms with Crippen molar-refractivity contribution in [1.29, 1.82) is 0 Å². The highest BCUT2D eigenvalue weighted by molar-refractivity contribution is 5.28. The van der Waals surface area contributed by atoms with Crippen molar-refractivity contribution in [3.63, 3.8) is 0 Å². The van der Waals surface area contributed by atoms with Gasteiger partial charge in [0.05, 0.1) is 17.9 Å². The van der Waals surface area contributed by atoms with Crippen molar-refractivity contribution in [3.8, 4) is 0 Å². The molecule has 0 aliphatic heterocycles. The molecular formula is C12H14F2N4. The van der Waals surface area contributed by atoms with Gasteiger partial charge in [-0.05, 0) is 12.5 Å². The normalized spacial score (nSPS) is 12.7. The predicted octanol–water partition coefficient (Wildman–Crippen LogP) is 2.01. The molecule has 1 aromatic carbocycles. The Labute approximate surface area is 103 Å². The maximum atomic E-state index is 13.7. The van der Waals surface area contributed by atoms with E-state index in [-0.39, 0.29) is 5.56 Å². The molecule has 4 nitrogen and oxygen atoms in total. The van der Waals surface area contributed by atoms with Crippen LogP contribution >= 0.6 is 0 Å². The van der Waals surface area contributed by atoms with Crippen LogP contribution in [-0.4, -0.2) is 15.0 Å². The third-order valence-electron chi connectivity index (χ3n) is 2.72. The number of aryl methyl sites for hydroxylation is 1. The Morgan fingerprint density at radius 2 is 2.17 bits per heavy atom. The lowest BCUT2D eigenvalue weighted by atomic mass is 10.0. The number of benzene rings is 1. The van der Waals surface area contributed by atoms with Gasteiger partial charge in [-0.15, -0.1) is 5.10 Å². The summed E-state index contributed by atoms with van der Waals surface area (Å²) in [4.78, 5) is 0. The van der Waals surface area contributed by atoms with Crippen molar-refractivity contribution in [3.05, 3.63) is 47.3 Å². The van der Waals surface area contributed by atoms with E-state index in [4.69, 9.17) is 5.73 Å². The lowest BCUT2D eigenvalue weighted by Gasteiger charge is -2.14. The number of nitrogens with two attached hydrogens (primary N) is 1. The first-order chi connectivity index (χ1) is 8.65. The van der Waals surface area contributed by atoms with E-state index in [1.807, 2.05) is 6.92 Å². The second-order valence-corrected chi connectivity index (χ2v) is 4.00. The molecular weight excluding hydrogens is 238 g/mol. The van der Waals surface area contributed by atoms with Crippen molar-refractivity contribution in [2.24, 2.45) is 5.73 Å². The standard InChI is InChI=1S/C12H14F2N4/c1-2-6-18-10(7-16-17-18)12(15)8-4-3-5-9(13)11(8)14/h3-5,7,12H,2,6,15H2,1H3. The molecule has 0 aliphatic rings. The smallest absolute Gasteiger partial charge is 0.163 e. The number of aromatic nitrogens is 3. The number of nitrogens with zero attached hydrogens (tertiary/aromatic N) is 3. The summed E-state index contributed by atoms with van der Waals surface area (Å²) in [5.41, 5.74) is 6.63. The lowest BCUT2D eigenvalue weighted by Crippen LogP contribution is -2.19. The molecule has 0 fully saturated rings. The van der Waals surface area contributed by atoms with Gasteiger partial charge in [0.1, 0.15) is 0 Å². The largest absolute Gasteiger partial charge is 0.319 e. The molecule has 18 heavy (non-hydrogen) atoms. The summed E-state index contributed by atoms with van der Waals surface area (Å²) in [7, 11) is 0. The van der Waals surface area contributed by atoms with Crippen LogP contribution in [0.25, 0.3) is 0 Å². The summed E-state index contributed by atoms with van der Waals surface area (Å²) in [6.07, 6.45) is 2.33. The Morgan fingerprint density at radius 3 is 2.89 bits per heavy atom.